The highest BCUT2D eigenvalue weighted by molar-refractivity contribution is 6.23. The number of carbonyl (C=O) groups is 2. The first kappa shape index (κ1) is 18.5. The quantitative estimate of drug-likeness (QED) is 0.617. The Hall–Kier alpha value is -3.51. The van der Waals surface area contributed by atoms with Crippen LogP contribution >= 0.6 is 0 Å². The van der Waals surface area contributed by atoms with Crippen molar-refractivity contribution in [2.75, 3.05) is 9.96 Å². The topological polar surface area (TPSA) is 49.9 Å². The van der Waals surface area contributed by atoms with E-state index in [1.54, 1.807) is 5.06 Å². The van der Waals surface area contributed by atoms with Crippen molar-refractivity contribution in [3.05, 3.63) is 95.8 Å². The Kier molecular flexibility index (Phi) is 4.37. The predicted molar refractivity (Wildman–Crippen MR) is 110 cm³/mol. The molecule has 3 aromatic carbocycles. The predicted octanol–water partition coefficient (Wildman–Crippen LogP) is 4.19. The van der Waals surface area contributed by atoms with Gasteiger partial charge >= 0.3 is 0 Å². The summed E-state index contributed by atoms with van der Waals surface area (Å²) in [7, 11) is 0. The third kappa shape index (κ3) is 2.88. The lowest BCUT2D eigenvalue weighted by molar-refractivity contribution is -0.126. The van der Waals surface area contributed by atoms with Gasteiger partial charge in [-0.2, -0.15) is 0 Å². The number of hydrogen-bond donors (Lipinski definition) is 0. The molecule has 0 aliphatic carbocycles. The molecule has 2 saturated heterocycles. The average molecular weight is 402 g/mol. The molecular formula is C24H19FN2O3. The summed E-state index contributed by atoms with van der Waals surface area (Å²) in [5.41, 5.74) is 3.10. The van der Waals surface area contributed by atoms with Gasteiger partial charge in [0.15, 0.2) is 6.10 Å². The van der Waals surface area contributed by atoms with Crippen LogP contribution < -0.4 is 9.96 Å². The number of aryl methyl sites for hydroxylation is 1. The van der Waals surface area contributed by atoms with E-state index in [0.717, 1.165) is 21.7 Å². The summed E-state index contributed by atoms with van der Waals surface area (Å²) in [6.07, 6.45) is -0.936. The molecule has 0 saturated carbocycles. The van der Waals surface area contributed by atoms with Crippen LogP contribution in [0.1, 0.15) is 17.2 Å². The Morgan fingerprint density at radius 3 is 2.13 bits per heavy atom. The third-order valence-corrected chi connectivity index (χ3v) is 5.63. The van der Waals surface area contributed by atoms with E-state index in [0.29, 0.717) is 5.69 Å². The van der Waals surface area contributed by atoms with Crippen LogP contribution in [0.4, 0.5) is 15.8 Å². The molecular weight excluding hydrogens is 383 g/mol. The summed E-state index contributed by atoms with van der Waals surface area (Å²) in [5, 5.41) is 1.66. The van der Waals surface area contributed by atoms with Gasteiger partial charge in [-0.3, -0.25) is 14.4 Å². The van der Waals surface area contributed by atoms with Crippen molar-refractivity contribution < 1.29 is 18.8 Å². The summed E-state index contributed by atoms with van der Waals surface area (Å²) in [4.78, 5) is 33.7. The normalized spacial score (nSPS) is 23.2. The molecule has 30 heavy (non-hydrogen) atoms. The zero-order chi connectivity index (χ0) is 20.8. The summed E-state index contributed by atoms with van der Waals surface area (Å²) in [5.74, 6) is -1.92. The second-order valence-corrected chi connectivity index (χ2v) is 7.56. The van der Waals surface area contributed by atoms with Gasteiger partial charge < -0.3 is 0 Å². The van der Waals surface area contributed by atoms with Crippen molar-refractivity contribution in [2.45, 2.75) is 19.1 Å². The summed E-state index contributed by atoms with van der Waals surface area (Å²) < 4.78 is 13.3. The van der Waals surface area contributed by atoms with Gasteiger partial charge in [0.05, 0.1) is 17.4 Å². The SMILES string of the molecule is Cc1ccc(C2C3C(=O)N(c4ccc(F)cc4)C(=O)C3ON2c2ccccc2)cc1. The highest BCUT2D eigenvalue weighted by atomic mass is 19.1. The number of rotatable bonds is 3. The van der Waals surface area contributed by atoms with Crippen molar-refractivity contribution in [2.24, 2.45) is 5.92 Å². The maximum Gasteiger partial charge on any atom is 0.266 e. The van der Waals surface area contributed by atoms with Crippen LogP contribution in [-0.4, -0.2) is 17.9 Å². The summed E-state index contributed by atoms with van der Waals surface area (Å²) >= 11 is 0. The molecule has 2 heterocycles. The van der Waals surface area contributed by atoms with E-state index in [4.69, 9.17) is 4.84 Å². The van der Waals surface area contributed by atoms with E-state index >= 15 is 0 Å². The number of hydroxylamine groups is 1. The fraction of sp³-hybridized carbons (Fsp3) is 0.167. The van der Waals surface area contributed by atoms with E-state index in [2.05, 4.69) is 0 Å². The van der Waals surface area contributed by atoms with Crippen LogP contribution in [-0.2, 0) is 14.4 Å². The van der Waals surface area contributed by atoms with Gasteiger partial charge in [0.1, 0.15) is 11.7 Å². The number of amides is 2. The first-order valence-electron chi connectivity index (χ1n) is 9.75. The van der Waals surface area contributed by atoms with Gasteiger partial charge in [-0.05, 0) is 48.9 Å². The summed E-state index contributed by atoms with van der Waals surface area (Å²) in [6, 6.07) is 22.2. The second-order valence-electron chi connectivity index (χ2n) is 7.56. The number of imide groups is 1. The Bertz CT molecular complexity index is 1100. The maximum atomic E-state index is 13.4. The monoisotopic (exact) mass is 402 g/mol. The first-order valence-corrected chi connectivity index (χ1v) is 9.75. The van der Waals surface area contributed by atoms with Crippen molar-refractivity contribution >= 4 is 23.2 Å². The van der Waals surface area contributed by atoms with E-state index in [-0.39, 0.29) is 5.91 Å². The van der Waals surface area contributed by atoms with Crippen LogP contribution in [0.2, 0.25) is 0 Å². The van der Waals surface area contributed by atoms with Gasteiger partial charge in [0.2, 0.25) is 5.91 Å². The number of anilines is 2. The second kappa shape index (κ2) is 7.07. The van der Waals surface area contributed by atoms with E-state index in [1.807, 2.05) is 61.5 Å². The van der Waals surface area contributed by atoms with E-state index in [9.17, 15) is 14.0 Å². The number of carbonyl (C=O) groups excluding carboxylic acids is 2. The molecule has 6 heteroatoms. The van der Waals surface area contributed by atoms with Crippen LogP contribution in [0, 0.1) is 18.7 Å². The molecule has 3 aromatic rings. The lowest BCUT2D eigenvalue weighted by Crippen LogP contribution is -2.37. The average Bonchev–Trinajstić information content (AvgIpc) is 3.27. The van der Waals surface area contributed by atoms with Gasteiger partial charge in [-0.25, -0.2) is 14.4 Å². The molecule has 0 N–H and O–H groups in total. The molecule has 0 bridgehead atoms. The number of para-hydroxylation sites is 1. The smallest absolute Gasteiger partial charge is 0.266 e. The molecule has 2 aliphatic rings. The van der Waals surface area contributed by atoms with Crippen molar-refractivity contribution in [3.8, 4) is 0 Å². The molecule has 3 atom stereocenters. The molecule has 2 amide bonds. The number of hydrogen-bond acceptors (Lipinski definition) is 4. The molecule has 2 aliphatic heterocycles. The molecule has 0 aromatic heterocycles. The Morgan fingerprint density at radius 1 is 0.800 bits per heavy atom. The zero-order valence-corrected chi connectivity index (χ0v) is 16.2. The van der Waals surface area contributed by atoms with Gasteiger partial charge in [0, 0.05) is 0 Å². The number of benzene rings is 3. The fourth-order valence-corrected chi connectivity index (χ4v) is 4.16. The number of nitrogens with zero attached hydrogens (tertiary/aromatic N) is 2. The highest BCUT2D eigenvalue weighted by Crippen LogP contribution is 2.47. The standard InChI is InChI=1S/C24H19FN2O3/c1-15-7-9-16(10-8-15)21-20-22(30-27(21)19-5-3-2-4-6-19)24(29)26(23(20)28)18-13-11-17(25)12-14-18/h2-14,20-22H,1H3. The number of halogens is 1. The fourth-order valence-electron chi connectivity index (χ4n) is 4.16. The molecule has 5 nitrogen and oxygen atoms in total. The van der Waals surface area contributed by atoms with Gasteiger partial charge in [-0.15, -0.1) is 0 Å². The highest BCUT2D eigenvalue weighted by Gasteiger charge is 2.60. The molecule has 0 spiro atoms. The number of fused-ring (bicyclic) bond motifs is 1. The lowest BCUT2D eigenvalue weighted by Gasteiger charge is -2.28. The van der Waals surface area contributed by atoms with Crippen molar-refractivity contribution in [1.29, 1.82) is 0 Å². The molecule has 3 unspecified atom stereocenters. The summed E-state index contributed by atoms with van der Waals surface area (Å²) in [6.45, 7) is 1.99. The molecule has 0 radical (unpaired) electrons. The van der Waals surface area contributed by atoms with E-state index in [1.165, 1.54) is 24.3 Å². The van der Waals surface area contributed by atoms with Crippen LogP contribution in [0.5, 0.6) is 0 Å². The Balaban J connectivity index is 1.58. The maximum absolute atomic E-state index is 13.4. The minimum absolute atomic E-state index is 0.346. The van der Waals surface area contributed by atoms with Crippen LogP contribution in [0.15, 0.2) is 78.9 Å². The molecule has 5 rings (SSSR count). The Morgan fingerprint density at radius 2 is 1.47 bits per heavy atom. The molecule has 150 valence electrons. The Labute approximate surface area is 173 Å². The van der Waals surface area contributed by atoms with Crippen molar-refractivity contribution in [1.82, 2.24) is 0 Å². The minimum atomic E-state index is -0.936. The molecule has 2 fully saturated rings. The van der Waals surface area contributed by atoms with Crippen molar-refractivity contribution in [3.63, 3.8) is 0 Å². The van der Waals surface area contributed by atoms with Crippen LogP contribution in [0.25, 0.3) is 0 Å². The van der Waals surface area contributed by atoms with Gasteiger partial charge in [-0.1, -0.05) is 48.0 Å². The minimum Gasteiger partial charge on any atom is -0.273 e. The van der Waals surface area contributed by atoms with E-state index < -0.39 is 29.8 Å². The zero-order valence-electron chi connectivity index (χ0n) is 16.2. The lowest BCUT2D eigenvalue weighted by atomic mass is 9.90. The van der Waals surface area contributed by atoms with Crippen LogP contribution in [0.3, 0.4) is 0 Å². The third-order valence-electron chi connectivity index (χ3n) is 5.63. The largest absolute Gasteiger partial charge is 0.273 e. The first-order chi connectivity index (χ1) is 14.5. The van der Waals surface area contributed by atoms with Gasteiger partial charge in [0.25, 0.3) is 5.91 Å².